The number of urea groups is 1. The minimum absolute atomic E-state index is 0. The Morgan fingerprint density at radius 2 is 1.76 bits per heavy atom. The molecule has 9 heteroatoms. The Labute approximate surface area is 190 Å². The number of hydrogen-bond donors (Lipinski definition) is 3. The molecule has 0 aromatic heterocycles. The summed E-state index contributed by atoms with van der Waals surface area (Å²) < 4.78 is 0. The Morgan fingerprint density at radius 3 is 2.38 bits per heavy atom. The molecule has 3 aliphatic carbocycles. The number of aliphatic imine (C=N–C) groups is 1. The smallest absolute Gasteiger partial charge is 0.315 e. The minimum atomic E-state index is -0.0586. The second-order valence-electron chi connectivity index (χ2n) is 9.18. The third kappa shape index (κ3) is 5.88. The molecule has 3 saturated carbocycles. The summed E-state index contributed by atoms with van der Waals surface area (Å²) in [6.07, 6.45) is 8.29. The Hall–Kier alpha value is -1.26. The van der Waals surface area contributed by atoms with Crippen molar-refractivity contribution in [3.05, 3.63) is 0 Å². The lowest BCUT2D eigenvalue weighted by atomic mass is 9.95. The zero-order valence-corrected chi connectivity index (χ0v) is 19.9. The van der Waals surface area contributed by atoms with E-state index >= 15 is 0 Å². The van der Waals surface area contributed by atoms with Crippen molar-refractivity contribution >= 4 is 41.9 Å². The average Bonchev–Trinajstić information content (AvgIpc) is 3.06. The molecule has 1 saturated heterocycles. The van der Waals surface area contributed by atoms with Crippen LogP contribution in [0.5, 0.6) is 0 Å². The number of hydrogen-bond acceptors (Lipinski definition) is 3. The summed E-state index contributed by atoms with van der Waals surface area (Å²) in [4.78, 5) is 32.5. The Bertz CT molecular complexity index is 638. The predicted molar refractivity (Wildman–Crippen MR) is 123 cm³/mol. The van der Waals surface area contributed by atoms with Crippen LogP contribution in [-0.4, -0.2) is 79.6 Å². The standard InChI is InChI=1S/C20H34N6O2.HI/c1-25(2)18(27)11-21-19(24-17-10-13-3-4-14(17)9-13)26-8-7-16(12-26)23-20(28)22-15-5-6-15;/h13-17H,3-12H2,1-2H3,(H,21,24)(H2,22,23,28);1H. The molecular weight excluding hydrogens is 483 g/mol. The maximum atomic E-state index is 12.1. The fourth-order valence-electron chi connectivity index (χ4n) is 4.82. The van der Waals surface area contributed by atoms with Gasteiger partial charge in [-0.3, -0.25) is 4.79 Å². The van der Waals surface area contributed by atoms with Crippen LogP contribution < -0.4 is 16.0 Å². The van der Waals surface area contributed by atoms with E-state index in [-0.39, 0.29) is 48.5 Å². The number of amides is 3. The lowest BCUT2D eigenvalue weighted by Gasteiger charge is -2.29. The van der Waals surface area contributed by atoms with Crippen LogP contribution in [0.3, 0.4) is 0 Å². The van der Waals surface area contributed by atoms with Crippen LogP contribution in [0, 0.1) is 11.8 Å². The summed E-state index contributed by atoms with van der Waals surface area (Å²) in [5.74, 6) is 2.43. The zero-order chi connectivity index (χ0) is 19.7. The quantitative estimate of drug-likeness (QED) is 0.292. The van der Waals surface area contributed by atoms with Crippen LogP contribution >= 0.6 is 24.0 Å². The average molecular weight is 518 g/mol. The van der Waals surface area contributed by atoms with Gasteiger partial charge < -0.3 is 25.8 Å². The Kier molecular flexibility index (Phi) is 7.50. The molecule has 1 heterocycles. The van der Waals surface area contributed by atoms with Gasteiger partial charge in [0.05, 0.1) is 0 Å². The number of nitrogens with one attached hydrogen (secondary N) is 3. The number of halogens is 1. The second-order valence-corrected chi connectivity index (χ2v) is 9.18. The minimum Gasteiger partial charge on any atom is -0.353 e. The first-order valence-corrected chi connectivity index (χ1v) is 10.8. The summed E-state index contributed by atoms with van der Waals surface area (Å²) in [6.45, 7) is 1.74. The van der Waals surface area contributed by atoms with Gasteiger partial charge >= 0.3 is 6.03 Å². The molecule has 0 aromatic rings. The van der Waals surface area contributed by atoms with Crippen LogP contribution in [0.15, 0.2) is 4.99 Å². The van der Waals surface area contributed by atoms with Crippen molar-refractivity contribution in [2.75, 3.05) is 33.7 Å². The van der Waals surface area contributed by atoms with Crippen molar-refractivity contribution in [1.82, 2.24) is 25.8 Å². The summed E-state index contributed by atoms with van der Waals surface area (Å²) in [5, 5.41) is 9.76. The van der Waals surface area contributed by atoms with Crippen molar-refractivity contribution < 1.29 is 9.59 Å². The number of carbonyl (C=O) groups is 2. The molecule has 0 radical (unpaired) electrons. The van der Waals surface area contributed by atoms with E-state index < -0.39 is 0 Å². The van der Waals surface area contributed by atoms with Gasteiger partial charge in [0, 0.05) is 45.3 Å². The maximum absolute atomic E-state index is 12.1. The molecule has 4 atom stereocenters. The second kappa shape index (κ2) is 9.70. The van der Waals surface area contributed by atoms with Gasteiger partial charge in [0.15, 0.2) is 5.96 Å². The van der Waals surface area contributed by atoms with Gasteiger partial charge in [0.1, 0.15) is 6.54 Å². The molecule has 4 rings (SSSR count). The number of likely N-dealkylation sites (tertiary alicyclic amines) is 1. The molecule has 4 unspecified atom stereocenters. The van der Waals surface area contributed by atoms with Gasteiger partial charge in [-0.2, -0.15) is 0 Å². The number of fused-ring (bicyclic) bond motifs is 2. The molecule has 3 N–H and O–H groups in total. The van der Waals surface area contributed by atoms with Crippen molar-refractivity contribution in [1.29, 1.82) is 0 Å². The van der Waals surface area contributed by atoms with Crippen LogP contribution in [-0.2, 0) is 4.79 Å². The van der Waals surface area contributed by atoms with Crippen LogP contribution in [0.25, 0.3) is 0 Å². The first kappa shape index (κ1) is 22.4. The van der Waals surface area contributed by atoms with Crippen LogP contribution in [0.1, 0.15) is 44.9 Å². The van der Waals surface area contributed by atoms with Gasteiger partial charge in [0.25, 0.3) is 0 Å². The van der Waals surface area contributed by atoms with E-state index in [2.05, 4.69) is 25.8 Å². The Balaban J connectivity index is 0.00000240. The predicted octanol–water partition coefficient (Wildman–Crippen LogP) is 1.36. The van der Waals surface area contributed by atoms with E-state index in [9.17, 15) is 9.59 Å². The van der Waals surface area contributed by atoms with E-state index in [0.29, 0.717) is 12.1 Å². The third-order valence-electron chi connectivity index (χ3n) is 6.65. The number of nitrogens with zero attached hydrogens (tertiary/aromatic N) is 3. The summed E-state index contributed by atoms with van der Waals surface area (Å²) >= 11 is 0. The van der Waals surface area contributed by atoms with Gasteiger partial charge in [0.2, 0.25) is 5.91 Å². The van der Waals surface area contributed by atoms with E-state index in [0.717, 1.165) is 50.1 Å². The molecule has 4 aliphatic rings. The van der Waals surface area contributed by atoms with Crippen LogP contribution in [0.4, 0.5) is 4.79 Å². The summed E-state index contributed by atoms with van der Waals surface area (Å²) in [7, 11) is 3.52. The molecule has 4 fully saturated rings. The lowest BCUT2D eigenvalue weighted by Crippen LogP contribution is -2.49. The highest BCUT2D eigenvalue weighted by atomic mass is 127. The van der Waals surface area contributed by atoms with Crippen molar-refractivity contribution in [3.8, 4) is 0 Å². The molecule has 2 bridgehead atoms. The SMILES string of the molecule is CN(C)C(=O)CN=C(NC1CC2CCC1C2)N1CCC(NC(=O)NC2CC2)C1.I. The fourth-order valence-corrected chi connectivity index (χ4v) is 4.82. The summed E-state index contributed by atoms with van der Waals surface area (Å²) in [5.41, 5.74) is 0. The largest absolute Gasteiger partial charge is 0.353 e. The van der Waals surface area contributed by atoms with Crippen molar-refractivity contribution in [2.45, 2.75) is 63.1 Å². The molecule has 8 nitrogen and oxygen atoms in total. The lowest BCUT2D eigenvalue weighted by molar-refractivity contribution is -0.127. The topological polar surface area (TPSA) is 89.1 Å². The number of likely N-dealkylation sites (N-methyl/N-ethyl adjacent to an activating group) is 1. The first-order chi connectivity index (χ1) is 13.5. The van der Waals surface area contributed by atoms with Crippen LogP contribution in [0.2, 0.25) is 0 Å². The molecular formula is C20H35IN6O2. The normalized spacial score (nSPS) is 30.7. The third-order valence-corrected chi connectivity index (χ3v) is 6.65. The number of rotatable bonds is 5. The van der Waals surface area contributed by atoms with Gasteiger partial charge in [-0.25, -0.2) is 9.79 Å². The molecule has 0 spiro atoms. The molecule has 29 heavy (non-hydrogen) atoms. The van der Waals surface area contributed by atoms with Gasteiger partial charge in [-0.15, -0.1) is 24.0 Å². The monoisotopic (exact) mass is 518 g/mol. The molecule has 1 aliphatic heterocycles. The Morgan fingerprint density at radius 1 is 1.00 bits per heavy atom. The molecule has 164 valence electrons. The van der Waals surface area contributed by atoms with E-state index in [1.54, 1.807) is 19.0 Å². The van der Waals surface area contributed by atoms with E-state index in [4.69, 9.17) is 0 Å². The number of carbonyl (C=O) groups excluding carboxylic acids is 2. The molecule has 0 aromatic carbocycles. The highest BCUT2D eigenvalue weighted by Gasteiger charge is 2.40. The zero-order valence-electron chi connectivity index (χ0n) is 17.5. The van der Waals surface area contributed by atoms with Crippen molar-refractivity contribution in [2.24, 2.45) is 16.8 Å². The maximum Gasteiger partial charge on any atom is 0.315 e. The number of guanidine groups is 1. The first-order valence-electron chi connectivity index (χ1n) is 10.8. The fraction of sp³-hybridized carbons (Fsp3) is 0.850. The summed E-state index contributed by atoms with van der Waals surface area (Å²) in [6, 6.07) is 0.898. The van der Waals surface area contributed by atoms with Crippen molar-refractivity contribution in [3.63, 3.8) is 0 Å². The van der Waals surface area contributed by atoms with Gasteiger partial charge in [-0.05, 0) is 50.4 Å². The highest BCUT2D eigenvalue weighted by molar-refractivity contribution is 14.0. The molecule has 3 amide bonds. The van der Waals surface area contributed by atoms with E-state index in [1.165, 1.54) is 25.7 Å². The van der Waals surface area contributed by atoms with E-state index in [1.807, 2.05) is 0 Å². The van der Waals surface area contributed by atoms with Gasteiger partial charge in [-0.1, -0.05) is 6.42 Å². The highest BCUT2D eigenvalue weighted by Crippen LogP contribution is 2.44.